The van der Waals surface area contributed by atoms with Crippen LogP contribution in [0.1, 0.15) is 20.3 Å². The lowest BCUT2D eigenvalue weighted by molar-refractivity contribution is -0.149. The zero-order valence-corrected chi connectivity index (χ0v) is 7.80. The molecule has 3 nitrogen and oxygen atoms in total. The lowest BCUT2D eigenvalue weighted by Crippen LogP contribution is -2.23. The van der Waals surface area contributed by atoms with Crippen LogP contribution >= 0.6 is 0 Å². The Morgan fingerprint density at radius 1 is 1.58 bits per heavy atom. The lowest BCUT2D eigenvalue weighted by Gasteiger charge is -2.12. The molecule has 0 spiro atoms. The van der Waals surface area contributed by atoms with Gasteiger partial charge in [-0.2, -0.15) is 0 Å². The third-order valence-corrected chi connectivity index (χ3v) is 2.27. The summed E-state index contributed by atoms with van der Waals surface area (Å²) in [6, 6.07) is 0. The van der Waals surface area contributed by atoms with E-state index < -0.39 is 0 Å². The smallest absolute Gasteiger partial charge is 0.310 e. The zero-order chi connectivity index (χ0) is 8.97. The topological polar surface area (TPSA) is 38.3 Å². The molecule has 70 valence electrons. The van der Waals surface area contributed by atoms with Crippen molar-refractivity contribution in [2.75, 3.05) is 19.7 Å². The van der Waals surface area contributed by atoms with Gasteiger partial charge >= 0.3 is 5.97 Å². The van der Waals surface area contributed by atoms with E-state index in [-0.39, 0.29) is 11.9 Å². The summed E-state index contributed by atoms with van der Waals surface area (Å²) in [5, 5.41) is 3.18. The Bertz CT molecular complexity index is 159. The van der Waals surface area contributed by atoms with E-state index in [0.717, 1.165) is 19.5 Å². The molecule has 2 atom stereocenters. The molecule has 0 saturated carbocycles. The highest BCUT2D eigenvalue weighted by Gasteiger charge is 2.30. The Balaban J connectivity index is 2.30. The maximum Gasteiger partial charge on any atom is 0.310 e. The van der Waals surface area contributed by atoms with Crippen LogP contribution in [-0.4, -0.2) is 25.7 Å². The third kappa shape index (κ3) is 2.21. The second-order valence-corrected chi connectivity index (χ2v) is 3.41. The Kier molecular flexibility index (Phi) is 3.53. The number of nitrogens with one attached hydrogen (secondary N) is 1. The van der Waals surface area contributed by atoms with E-state index in [4.69, 9.17) is 4.74 Å². The molecule has 0 aromatic heterocycles. The van der Waals surface area contributed by atoms with Gasteiger partial charge in [0.2, 0.25) is 0 Å². The van der Waals surface area contributed by atoms with Crippen molar-refractivity contribution < 1.29 is 9.53 Å². The summed E-state index contributed by atoms with van der Waals surface area (Å²) in [6.45, 7) is 6.36. The quantitative estimate of drug-likeness (QED) is 0.638. The highest BCUT2D eigenvalue weighted by molar-refractivity contribution is 5.73. The van der Waals surface area contributed by atoms with E-state index in [1.54, 1.807) is 0 Å². The molecule has 12 heavy (non-hydrogen) atoms. The van der Waals surface area contributed by atoms with Gasteiger partial charge in [0, 0.05) is 6.54 Å². The molecule has 0 radical (unpaired) electrons. The Morgan fingerprint density at radius 3 is 2.83 bits per heavy atom. The number of carbonyl (C=O) groups excluding carboxylic acids is 1. The molecule has 1 heterocycles. The second-order valence-electron chi connectivity index (χ2n) is 3.41. The van der Waals surface area contributed by atoms with Crippen molar-refractivity contribution in [2.45, 2.75) is 20.3 Å². The van der Waals surface area contributed by atoms with Crippen molar-refractivity contribution >= 4 is 5.97 Å². The SMILES string of the molecule is CCCOC(=O)C1CNCC1C. The largest absolute Gasteiger partial charge is 0.465 e. The maximum atomic E-state index is 11.4. The van der Waals surface area contributed by atoms with E-state index in [9.17, 15) is 4.79 Å². The molecule has 3 heteroatoms. The fourth-order valence-corrected chi connectivity index (χ4v) is 1.44. The minimum Gasteiger partial charge on any atom is -0.465 e. The van der Waals surface area contributed by atoms with Gasteiger partial charge < -0.3 is 10.1 Å². The van der Waals surface area contributed by atoms with Crippen molar-refractivity contribution in [3.05, 3.63) is 0 Å². The fraction of sp³-hybridized carbons (Fsp3) is 0.889. The Labute approximate surface area is 73.5 Å². The van der Waals surface area contributed by atoms with Crippen LogP contribution in [0.2, 0.25) is 0 Å². The van der Waals surface area contributed by atoms with Gasteiger partial charge in [0.1, 0.15) is 0 Å². The minimum atomic E-state index is -0.0330. The van der Waals surface area contributed by atoms with Crippen molar-refractivity contribution in [3.63, 3.8) is 0 Å². The molecule has 1 aliphatic heterocycles. The van der Waals surface area contributed by atoms with Crippen LogP contribution in [0.25, 0.3) is 0 Å². The van der Waals surface area contributed by atoms with Crippen LogP contribution in [0.4, 0.5) is 0 Å². The number of rotatable bonds is 3. The van der Waals surface area contributed by atoms with Gasteiger partial charge in [-0.3, -0.25) is 4.79 Å². The van der Waals surface area contributed by atoms with Gasteiger partial charge in [0.05, 0.1) is 12.5 Å². The van der Waals surface area contributed by atoms with Gasteiger partial charge in [-0.25, -0.2) is 0 Å². The number of carbonyl (C=O) groups is 1. The molecule has 1 aliphatic rings. The second kappa shape index (κ2) is 4.45. The van der Waals surface area contributed by atoms with E-state index in [1.165, 1.54) is 0 Å². The van der Waals surface area contributed by atoms with Crippen LogP contribution in [-0.2, 0) is 9.53 Å². The first-order valence-electron chi connectivity index (χ1n) is 4.63. The number of esters is 1. The first-order valence-corrected chi connectivity index (χ1v) is 4.63. The van der Waals surface area contributed by atoms with Crippen LogP contribution in [0.3, 0.4) is 0 Å². The average Bonchev–Trinajstić information content (AvgIpc) is 2.47. The number of hydrogen-bond acceptors (Lipinski definition) is 3. The van der Waals surface area contributed by atoms with Crippen molar-refractivity contribution in [1.82, 2.24) is 5.32 Å². The zero-order valence-electron chi connectivity index (χ0n) is 7.80. The van der Waals surface area contributed by atoms with E-state index in [1.807, 2.05) is 6.92 Å². The normalized spacial score (nSPS) is 28.8. The Hall–Kier alpha value is -0.570. The van der Waals surface area contributed by atoms with Crippen LogP contribution < -0.4 is 5.32 Å². The summed E-state index contributed by atoms with van der Waals surface area (Å²) in [4.78, 5) is 11.4. The summed E-state index contributed by atoms with van der Waals surface area (Å²) in [7, 11) is 0. The standard InChI is InChI=1S/C9H17NO2/c1-3-4-12-9(11)8-6-10-5-7(8)2/h7-8,10H,3-6H2,1-2H3. The van der Waals surface area contributed by atoms with Crippen LogP contribution in [0, 0.1) is 11.8 Å². The van der Waals surface area contributed by atoms with Crippen molar-refractivity contribution in [1.29, 1.82) is 0 Å². The van der Waals surface area contributed by atoms with Gasteiger partial charge in [0.15, 0.2) is 0 Å². The number of hydrogen-bond donors (Lipinski definition) is 1. The van der Waals surface area contributed by atoms with Crippen molar-refractivity contribution in [2.24, 2.45) is 11.8 Å². The summed E-state index contributed by atoms with van der Waals surface area (Å²) in [5.74, 6) is 0.472. The highest BCUT2D eigenvalue weighted by atomic mass is 16.5. The van der Waals surface area contributed by atoms with Crippen LogP contribution in [0.15, 0.2) is 0 Å². The predicted octanol–water partition coefficient (Wildman–Crippen LogP) is 0.795. The third-order valence-electron chi connectivity index (χ3n) is 2.27. The molecule has 0 amide bonds. The minimum absolute atomic E-state index is 0.0330. The molecule has 1 saturated heterocycles. The fourth-order valence-electron chi connectivity index (χ4n) is 1.44. The van der Waals surface area contributed by atoms with E-state index >= 15 is 0 Å². The summed E-state index contributed by atoms with van der Waals surface area (Å²) in [5.41, 5.74) is 0. The highest BCUT2D eigenvalue weighted by Crippen LogP contribution is 2.17. The molecule has 1 rings (SSSR count). The molecular formula is C9H17NO2. The Morgan fingerprint density at radius 2 is 2.33 bits per heavy atom. The number of ether oxygens (including phenoxy) is 1. The molecule has 0 aromatic rings. The first kappa shape index (κ1) is 9.52. The van der Waals surface area contributed by atoms with Crippen LogP contribution in [0.5, 0.6) is 0 Å². The summed E-state index contributed by atoms with van der Waals surface area (Å²) >= 11 is 0. The monoisotopic (exact) mass is 171 g/mol. The van der Waals surface area contributed by atoms with Gasteiger partial charge in [-0.05, 0) is 18.9 Å². The van der Waals surface area contributed by atoms with Gasteiger partial charge in [-0.15, -0.1) is 0 Å². The van der Waals surface area contributed by atoms with Gasteiger partial charge in [0.25, 0.3) is 0 Å². The summed E-state index contributed by atoms with van der Waals surface area (Å²) in [6.07, 6.45) is 0.903. The lowest BCUT2D eigenvalue weighted by atomic mass is 9.99. The van der Waals surface area contributed by atoms with E-state index in [2.05, 4.69) is 12.2 Å². The average molecular weight is 171 g/mol. The molecule has 1 N–H and O–H groups in total. The molecule has 0 bridgehead atoms. The molecule has 1 fully saturated rings. The maximum absolute atomic E-state index is 11.4. The predicted molar refractivity (Wildman–Crippen MR) is 46.8 cm³/mol. The van der Waals surface area contributed by atoms with Crippen molar-refractivity contribution in [3.8, 4) is 0 Å². The first-order chi connectivity index (χ1) is 5.75. The summed E-state index contributed by atoms with van der Waals surface area (Å²) < 4.78 is 5.07. The van der Waals surface area contributed by atoms with E-state index in [0.29, 0.717) is 12.5 Å². The molecule has 2 unspecified atom stereocenters. The molecular weight excluding hydrogens is 154 g/mol. The van der Waals surface area contributed by atoms with Gasteiger partial charge in [-0.1, -0.05) is 13.8 Å². The molecule has 0 aliphatic carbocycles. The molecule has 0 aromatic carbocycles.